The second-order valence-corrected chi connectivity index (χ2v) is 5.01. The number of carbonyl (C=O) groups excluding carboxylic acids is 1. The predicted octanol–water partition coefficient (Wildman–Crippen LogP) is 1.56. The molecule has 0 aromatic rings. The van der Waals surface area contributed by atoms with E-state index in [2.05, 4.69) is 5.32 Å². The number of carbonyl (C=O) groups is 1. The predicted molar refractivity (Wildman–Crippen MR) is 57.9 cm³/mol. The van der Waals surface area contributed by atoms with E-state index in [0.29, 0.717) is 12.5 Å². The number of hydrogen-bond donors (Lipinski definition) is 2. The molecule has 0 atom stereocenters. The fourth-order valence-electron chi connectivity index (χ4n) is 2.29. The molecule has 0 bridgehead atoms. The molecule has 0 heterocycles. The minimum atomic E-state index is -0.224. The molecule has 82 valence electrons. The summed E-state index contributed by atoms with van der Waals surface area (Å²) < 4.78 is 0. The van der Waals surface area contributed by atoms with Gasteiger partial charge in [-0.1, -0.05) is 19.3 Å². The van der Waals surface area contributed by atoms with Gasteiger partial charge in [-0.2, -0.15) is 0 Å². The van der Waals surface area contributed by atoms with Crippen molar-refractivity contribution in [2.45, 2.75) is 64.0 Å². The van der Waals surface area contributed by atoms with E-state index in [4.69, 9.17) is 5.73 Å². The first-order chi connectivity index (χ1) is 6.49. The molecule has 3 heteroatoms. The van der Waals surface area contributed by atoms with Crippen molar-refractivity contribution in [3.05, 3.63) is 0 Å². The van der Waals surface area contributed by atoms with Crippen LogP contribution in [0, 0.1) is 0 Å². The standard InChI is InChI=1S/C11H22N2O/c1-11(2,8-10(12)14)13-9-6-4-3-5-7-9/h9,13H,3-8H2,1-2H3,(H2,12,14). The lowest BCUT2D eigenvalue weighted by atomic mass is 9.91. The largest absolute Gasteiger partial charge is 0.370 e. The van der Waals surface area contributed by atoms with Gasteiger partial charge in [0.15, 0.2) is 0 Å². The van der Waals surface area contributed by atoms with Crippen LogP contribution in [0.2, 0.25) is 0 Å². The fraction of sp³-hybridized carbons (Fsp3) is 0.909. The molecule has 3 N–H and O–H groups in total. The summed E-state index contributed by atoms with van der Waals surface area (Å²) in [6.07, 6.45) is 6.87. The molecule has 3 nitrogen and oxygen atoms in total. The van der Waals surface area contributed by atoms with E-state index in [-0.39, 0.29) is 11.4 Å². The zero-order chi connectivity index (χ0) is 10.6. The van der Waals surface area contributed by atoms with E-state index in [1.165, 1.54) is 32.1 Å². The molecule has 0 aromatic heterocycles. The lowest BCUT2D eigenvalue weighted by Crippen LogP contribution is -2.48. The summed E-state index contributed by atoms with van der Waals surface area (Å²) in [5.74, 6) is -0.224. The molecule has 0 saturated heterocycles. The van der Waals surface area contributed by atoms with Crippen molar-refractivity contribution in [2.75, 3.05) is 0 Å². The maximum atomic E-state index is 10.8. The van der Waals surface area contributed by atoms with Gasteiger partial charge in [0.25, 0.3) is 0 Å². The lowest BCUT2D eigenvalue weighted by molar-refractivity contribution is -0.119. The minimum absolute atomic E-state index is 0.145. The van der Waals surface area contributed by atoms with Crippen molar-refractivity contribution in [2.24, 2.45) is 5.73 Å². The van der Waals surface area contributed by atoms with Crippen LogP contribution in [0.15, 0.2) is 0 Å². The Kier molecular flexibility index (Phi) is 3.93. The number of primary amides is 1. The lowest BCUT2D eigenvalue weighted by Gasteiger charge is -2.33. The van der Waals surface area contributed by atoms with Crippen molar-refractivity contribution in [3.8, 4) is 0 Å². The van der Waals surface area contributed by atoms with Crippen molar-refractivity contribution < 1.29 is 4.79 Å². The Bertz CT molecular complexity index is 195. The minimum Gasteiger partial charge on any atom is -0.370 e. The molecule has 14 heavy (non-hydrogen) atoms. The molecule has 0 unspecified atom stereocenters. The molecule has 1 amide bonds. The third-order valence-electron chi connectivity index (χ3n) is 2.82. The Morgan fingerprint density at radius 3 is 2.43 bits per heavy atom. The highest BCUT2D eigenvalue weighted by molar-refractivity contribution is 5.75. The van der Waals surface area contributed by atoms with Gasteiger partial charge in [0.05, 0.1) is 0 Å². The Morgan fingerprint density at radius 1 is 1.36 bits per heavy atom. The van der Waals surface area contributed by atoms with Crippen molar-refractivity contribution >= 4 is 5.91 Å². The van der Waals surface area contributed by atoms with Crippen LogP contribution in [0.3, 0.4) is 0 Å². The normalized spacial score (nSPS) is 19.6. The molecule has 0 spiro atoms. The van der Waals surface area contributed by atoms with E-state index in [1.807, 2.05) is 13.8 Å². The van der Waals surface area contributed by atoms with Crippen LogP contribution < -0.4 is 11.1 Å². The maximum Gasteiger partial charge on any atom is 0.219 e. The maximum absolute atomic E-state index is 10.8. The van der Waals surface area contributed by atoms with Gasteiger partial charge in [-0.05, 0) is 26.7 Å². The monoisotopic (exact) mass is 198 g/mol. The molecule has 0 aliphatic heterocycles. The van der Waals surface area contributed by atoms with Gasteiger partial charge in [0.2, 0.25) is 5.91 Å². The summed E-state index contributed by atoms with van der Waals surface area (Å²) in [6.45, 7) is 4.10. The number of nitrogens with two attached hydrogens (primary N) is 1. The van der Waals surface area contributed by atoms with Crippen LogP contribution in [-0.2, 0) is 4.79 Å². The fourth-order valence-corrected chi connectivity index (χ4v) is 2.29. The van der Waals surface area contributed by atoms with Crippen LogP contribution >= 0.6 is 0 Å². The highest BCUT2D eigenvalue weighted by Crippen LogP contribution is 2.20. The highest BCUT2D eigenvalue weighted by atomic mass is 16.1. The Morgan fingerprint density at radius 2 is 1.93 bits per heavy atom. The molecule has 1 aliphatic rings. The number of rotatable bonds is 4. The zero-order valence-corrected chi connectivity index (χ0v) is 9.31. The summed E-state index contributed by atoms with van der Waals surface area (Å²) in [4.78, 5) is 10.8. The second-order valence-electron chi connectivity index (χ2n) is 5.01. The third-order valence-corrected chi connectivity index (χ3v) is 2.82. The molecular formula is C11H22N2O. The van der Waals surface area contributed by atoms with E-state index in [9.17, 15) is 4.79 Å². The summed E-state index contributed by atoms with van der Waals surface area (Å²) in [6, 6.07) is 0.582. The summed E-state index contributed by atoms with van der Waals surface area (Å²) >= 11 is 0. The quantitative estimate of drug-likeness (QED) is 0.720. The van der Waals surface area contributed by atoms with E-state index in [1.54, 1.807) is 0 Å². The SMILES string of the molecule is CC(C)(CC(N)=O)NC1CCCCC1. The first kappa shape index (κ1) is 11.5. The highest BCUT2D eigenvalue weighted by Gasteiger charge is 2.24. The molecular weight excluding hydrogens is 176 g/mol. The average molecular weight is 198 g/mol. The Balaban J connectivity index is 2.36. The third kappa shape index (κ3) is 4.09. The van der Waals surface area contributed by atoms with Gasteiger partial charge < -0.3 is 11.1 Å². The van der Waals surface area contributed by atoms with Crippen molar-refractivity contribution in [3.63, 3.8) is 0 Å². The van der Waals surface area contributed by atoms with Gasteiger partial charge in [-0.3, -0.25) is 4.79 Å². The number of nitrogens with one attached hydrogen (secondary N) is 1. The van der Waals surface area contributed by atoms with Gasteiger partial charge in [0, 0.05) is 18.0 Å². The summed E-state index contributed by atoms with van der Waals surface area (Å²) in [7, 11) is 0. The second kappa shape index (κ2) is 4.78. The molecule has 1 aliphatic carbocycles. The van der Waals surface area contributed by atoms with Crippen LogP contribution in [-0.4, -0.2) is 17.5 Å². The molecule has 1 fully saturated rings. The van der Waals surface area contributed by atoms with E-state index in [0.717, 1.165) is 0 Å². The Labute approximate surface area is 86.4 Å². The van der Waals surface area contributed by atoms with Crippen LogP contribution in [0.4, 0.5) is 0 Å². The average Bonchev–Trinajstić information content (AvgIpc) is 2.02. The smallest absolute Gasteiger partial charge is 0.219 e. The van der Waals surface area contributed by atoms with Crippen molar-refractivity contribution in [1.82, 2.24) is 5.32 Å². The van der Waals surface area contributed by atoms with Gasteiger partial charge in [-0.15, -0.1) is 0 Å². The summed E-state index contributed by atoms with van der Waals surface area (Å²) in [5, 5.41) is 3.53. The number of hydrogen-bond acceptors (Lipinski definition) is 2. The molecule has 0 aromatic carbocycles. The molecule has 0 radical (unpaired) electrons. The first-order valence-corrected chi connectivity index (χ1v) is 5.56. The van der Waals surface area contributed by atoms with Crippen LogP contribution in [0.5, 0.6) is 0 Å². The van der Waals surface area contributed by atoms with Crippen molar-refractivity contribution in [1.29, 1.82) is 0 Å². The van der Waals surface area contributed by atoms with Gasteiger partial charge in [-0.25, -0.2) is 0 Å². The van der Waals surface area contributed by atoms with E-state index >= 15 is 0 Å². The Hall–Kier alpha value is -0.570. The van der Waals surface area contributed by atoms with Crippen LogP contribution in [0.1, 0.15) is 52.4 Å². The number of amides is 1. The summed E-state index contributed by atoms with van der Waals surface area (Å²) in [5.41, 5.74) is 5.06. The topological polar surface area (TPSA) is 55.1 Å². The van der Waals surface area contributed by atoms with Crippen LogP contribution in [0.25, 0.3) is 0 Å². The van der Waals surface area contributed by atoms with E-state index < -0.39 is 0 Å². The molecule has 1 saturated carbocycles. The van der Waals surface area contributed by atoms with Gasteiger partial charge in [0.1, 0.15) is 0 Å². The van der Waals surface area contributed by atoms with Gasteiger partial charge >= 0.3 is 0 Å². The first-order valence-electron chi connectivity index (χ1n) is 5.56. The molecule has 1 rings (SSSR count). The zero-order valence-electron chi connectivity index (χ0n) is 9.31.